The molecular weight excluding hydrogens is 196 g/mol. The first-order valence-corrected chi connectivity index (χ1v) is 4.57. The quantitative estimate of drug-likeness (QED) is 0.770. The third-order valence-electron chi connectivity index (χ3n) is 1.97. The van der Waals surface area contributed by atoms with E-state index in [1.807, 2.05) is 0 Å². The minimum absolute atomic E-state index is 0.167. The standard InChI is InChI=1S/C11H12O4/c1-3-15-11(14)9-5-4-8(10(12)13)6-7(9)2/h4-6H,3H2,1-2H3,(H,12,13). The number of hydrogen-bond donors (Lipinski definition) is 1. The maximum absolute atomic E-state index is 11.4. The molecule has 0 aromatic heterocycles. The molecule has 0 saturated heterocycles. The van der Waals surface area contributed by atoms with Crippen LogP contribution in [-0.2, 0) is 4.74 Å². The Kier molecular flexibility index (Phi) is 3.44. The molecule has 0 atom stereocenters. The summed E-state index contributed by atoms with van der Waals surface area (Å²) in [5, 5.41) is 8.73. The summed E-state index contributed by atoms with van der Waals surface area (Å²) in [6.45, 7) is 3.70. The van der Waals surface area contributed by atoms with Gasteiger partial charge in [-0.2, -0.15) is 0 Å². The van der Waals surface area contributed by atoms with Gasteiger partial charge in [0.05, 0.1) is 17.7 Å². The number of hydrogen-bond acceptors (Lipinski definition) is 3. The predicted octanol–water partition coefficient (Wildman–Crippen LogP) is 1.87. The van der Waals surface area contributed by atoms with Crippen LogP contribution in [0.4, 0.5) is 0 Å². The Labute approximate surface area is 87.5 Å². The predicted molar refractivity (Wildman–Crippen MR) is 54.1 cm³/mol. The van der Waals surface area contributed by atoms with Crippen LogP contribution in [-0.4, -0.2) is 23.7 Å². The van der Waals surface area contributed by atoms with Crippen LogP contribution in [0, 0.1) is 6.92 Å². The van der Waals surface area contributed by atoms with E-state index in [-0.39, 0.29) is 5.56 Å². The van der Waals surface area contributed by atoms with E-state index in [0.717, 1.165) is 0 Å². The van der Waals surface area contributed by atoms with Crippen LogP contribution in [0.15, 0.2) is 18.2 Å². The highest BCUT2D eigenvalue weighted by Gasteiger charge is 2.12. The van der Waals surface area contributed by atoms with Gasteiger partial charge < -0.3 is 9.84 Å². The Balaban J connectivity index is 3.03. The van der Waals surface area contributed by atoms with E-state index >= 15 is 0 Å². The molecule has 1 N–H and O–H groups in total. The molecule has 0 radical (unpaired) electrons. The molecule has 1 aromatic rings. The molecule has 1 aromatic carbocycles. The summed E-state index contributed by atoms with van der Waals surface area (Å²) in [6.07, 6.45) is 0. The molecule has 0 heterocycles. The number of carboxylic acid groups (broad SMARTS) is 1. The van der Waals surface area contributed by atoms with Crippen LogP contribution in [0.2, 0.25) is 0 Å². The van der Waals surface area contributed by atoms with Gasteiger partial charge in [-0.3, -0.25) is 0 Å². The summed E-state index contributed by atoms with van der Waals surface area (Å²) in [5.74, 6) is -1.43. The Morgan fingerprint density at radius 1 is 1.40 bits per heavy atom. The van der Waals surface area contributed by atoms with Crippen molar-refractivity contribution >= 4 is 11.9 Å². The van der Waals surface area contributed by atoms with Crippen molar-refractivity contribution < 1.29 is 19.4 Å². The van der Waals surface area contributed by atoms with Gasteiger partial charge in [-0.15, -0.1) is 0 Å². The number of benzene rings is 1. The van der Waals surface area contributed by atoms with E-state index in [2.05, 4.69) is 0 Å². The van der Waals surface area contributed by atoms with Crippen LogP contribution in [0.3, 0.4) is 0 Å². The zero-order chi connectivity index (χ0) is 11.4. The topological polar surface area (TPSA) is 63.6 Å². The van der Waals surface area contributed by atoms with Crippen molar-refractivity contribution in [3.63, 3.8) is 0 Å². The molecule has 0 amide bonds. The number of ether oxygens (including phenoxy) is 1. The van der Waals surface area contributed by atoms with Crippen LogP contribution in [0.25, 0.3) is 0 Å². The first kappa shape index (κ1) is 11.2. The van der Waals surface area contributed by atoms with Crippen LogP contribution >= 0.6 is 0 Å². The molecule has 0 aliphatic rings. The van der Waals surface area contributed by atoms with E-state index in [0.29, 0.717) is 17.7 Å². The summed E-state index contributed by atoms with van der Waals surface area (Å²) in [4.78, 5) is 22.0. The van der Waals surface area contributed by atoms with Crippen molar-refractivity contribution in [2.24, 2.45) is 0 Å². The minimum Gasteiger partial charge on any atom is -0.478 e. The van der Waals surface area contributed by atoms with E-state index in [4.69, 9.17) is 9.84 Å². The molecule has 0 aliphatic carbocycles. The highest BCUT2D eigenvalue weighted by atomic mass is 16.5. The number of rotatable bonds is 3. The molecular formula is C11H12O4. The van der Waals surface area contributed by atoms with Gasteiger partial charge in [-0.1, -0.05) is 0 Å². The van der Waals surface area contributed by atoms with Gasteiger partial charge in [0.2, 0.25) is 0 Å². The van der Waals surface area contributed by atoms with Gasteiger partial charge in [0.15, 0.2) is 0 Å². The maximum atomic E-state index is 11.4. The fourth-order valence-electron chi connectivity index (χ4n) is 1.23. The highest BCUT2D eigenvalue weighted by molar-refractivity contribution is 5.94. The Bertz CT molecular complexity index is 396. The average molecular weight is 208 g/mol. The lowest BCUT2D eigenvalue weighted by atomic mass is 10.1. The molecule has 4 nitrogen and oxygen atoms in total. The largest absolute Gasteiger partial charge is 0.478 e. The number of aromatic carboxylic acids is 1. The minimum atomic E-state index is -1.01. The average Bonchev–Trinajstić information content (AvgIpc) is 2.17. The van der Waals surface area contributed by atoms with Crippen molar-refractivity contribution in [3.05, 3.63) is 34.9 Å². The number of aryl methyl sites for hydroxylation is 1. The van der Waals surface area contributed by atoms with Gasteiger partial charge in [-0.05, 0) is 37.6 Å². The van der Waals surface area contributed by atoms with Gasteiger partial charge in [0.25, 0.3) is 0 Å². The molecule has 0 bridgehead atoms. The van der Waals surface area contributed by atoms with Crippen LogP contribution in [0.5, 0.6) is 0 Å². The number of esters is 1. The molecule has 0 spiro atoms. The zero-order valence-electron chi connectivity index (χ0n) is 8.61. The normalized spacial score (nSPS) is 9.73. The lowest BCUT2D eigenvalue weighted by Crippen LogP contribution is -2.08. The smallest absolute Gasteiger partial charge is 0.338 e. The van der Waals surface area contributed by atoms with Crippen LogP contribution < -0.4 is 0 Å². The Morgan fingerprint density at radius 2 is 2.07 bits per heavy atom. The third kappa shape index (κ3) is 2.56. The fraction of sp³-hybridized carbons (Fsp3) is 0.273. The molecule has 4 heteroatoms. The molecule has 0 aliphatic heterocycles. The fourth-order valence-corrected chi connectivity index (χ4v) is 1.23. The van der Waals surface area contributed by atoms with Gasteiger partial charge in [0, 0.05) is 0 Å². The summed E-state index contributed by atoms with van der Waals surface area (Å²) in [7, 11) is 0. The van der Waals surface area contributed by atoms with Crippen molar-refractivity contribution in [1.29, 1.82) is 0 Å². The lowest BCUT2D eigenvalue weighted by molar-refractivity contribution is 0.0524. The van der Waals surface area contributed by atoms with E-state index in [1.54, 1.807) is 13.8 Å². The summed E-state index contributed by atoms with van der Waals surface area (Å²) >= 11 is 0. The second kappa shape index (κ2) is 4.59. The Hall–Kier alpha value is -1.84. The molecule has 0 fully saturated rings. The monoisotopic (exact) mass is 208 g/mol. The molecule has 80 valence electrons. The van der Waals surface area contributed by atoms with Gasteiger partial charge in [-0.25, -0.2) is 9.59 Å². The molecule has 0 saturated carbocycles. The van der Waals surface area contributed by atoms with Crippen molar-refractivity contribution in [2.45, 2.75) is 13.8 Å². The van der Waals surface area contributed by atoms with E-state index in [9.17, 15) is 9.59 Å². The SMILES string of the molecule is CCOC(=O)c1ccc(C(=O)O)cc1C. The summed E-state index contributed by atoms with van der Waals surface area (Å²) in [6, 6.07) is 4.31. The van der Waals surface area contributed by atoms with E-state index < -0.39 is 11.9 Å². The first-order valence-electron chi connectivity index (χ1n) is 4.57. The number of carboxylic acids is 1. The maximum Gasteiger partial charge on any atom is 0.338 e. The zero-order valence-corrected chi connectivity index (χ0v) is 8.61. The third-order valence-corrected chi connectivity index (χ3v) is 1.97. The van der Waals surface area contributed by atoms with Crippen LogP contribution in [0.1, 0.15) is 33.2 Å². The van der Waals surface area contributed by atoms with Crippen molar-refractivity contribution in [3.8, 4) is 0 Å². The first-order chi connectivity index (χ1) is 7.06. The summed E-state index contributed by atoms with van der Waals surface area (Å²) < 4.78 is 4.82. The second-order valence-corrected chi connectivity index (χ2v) is 3.06. The second-order valence-electron chi connectivity index (χ2n) is 3.06. The number of carbonyl (C=O) groups excluding carboxylic acids is 1. The molecule has 15 heavy (non-hydrogen) atoms. The van der Waals surface area contributed by atoms with Crippen molar-refractivity contribution in [1.82, 2.24) is 0 Å². The summed E-state index contributed by atoms with van der Waals surface area (Å²) in [5.41, 5.74) is 1.18. The Morgan fingerprint density at radius 3 is 2.53 bits per heavy atom. The molecule has 1 rings (SSSR count). The number of carbonyl (C=O) groups is 2. The van der Waals surface area contributed by atoms with Gasteiger partial charge in [0.1, 0.15) is 0 Å². The van der Waals surface area contributed by atoms with Crippen molar-refractivity contribution in [2.75, 3.05) is 6.61 Å². The van der Waals surface area contributed by atoms with Gasteiger partial charge >= 0.3 is 11.9 Å². The highest BCUT2D eigenvalue weighted by Crippen LogP contribution is 2.12. The molecule has 0 unspecified atom stereocenters. The lowest BCUT2D eigenvalue weighted by Gasteiger charge is -2.05. The van der Waals surface area contributed by atoms with E-state index in [1.165, 1.54) is 18.2 Å².